The number of fused-ring (bicyclic) bond motifs is 1. The van der Waals surface area contributed by atoms with Crippen molar-refractivity contribution in [3.8, 4) is 0 Å². The number of aromatic nitrogens is 2. The van der Waals surface area contributed by atoms with Crippen LogP contribution in [0.1, 0.15) is 44.2 Å². The normalized spacial score (nSPS) is 20.0. The summed E-state index contributed by atoms with van der Waals surface area (Å²) in [5, 5.41) is 5.66. The number of halogens is 1. The lowest BCUT2D eigenvalue weighted by Crippen LogP contribution is -2.49. The number of likely N-dealkylation sites (tertiary alicyclic amines) is 2. The molecule has 1 aromatic heterocycles. The minimum atomic E-state index is -0.201. The fraction of sp³-hybridized carbons (Fsp3) is 0.619. The van der Waals surface area contributed by atoms with Gasteiger partial charge in [0.25, 0.3) is 0 Å². The number of aryl methyl sites for hydroxylation is 1. The number of carbonyl (C=O) groups excluding carboxylic acids is 1. The number of hydrogen-bond donors (Lipinski definition) is 0. The standard InChI is InChI=1S/C21H29FN4O2/c1-3-28-21(27)26-12-8-17(9-13-26)25-10-6-15(7-11-25)20-18-14-16(22)4-5-19(18)24(2)23-20/h4-5,14-15,17H,3,6-13H2,1-2H3. The van der Waals surface area contributed by atoms with Crippen LogP contribution < -0.4 is 0 Å². The van der Waals surface area contributed by atoms with Crippen LogP contribution >= 0.6 is 0 Å². The van der Waals surface area contributed by atoms with Crippen LogP contribution in [0.5, 0.6) is 0 Å². The molecule has 0 unspecified atom stereocenters. The van der Waals surface area contributed by atoms with Crippen molar-refractivity contribution in [1.82, 2.24) is 19.6 Å². The van der Waals surface area contributed by atoms with Gasteiger partial charge in [0.2, 0.25) is 0 Å². The Kier molecular flexibility index (Phi) is 5.53. The van der Waals surface area contributed by atoms with Crippen LogP contribution in [0, 0.1) is 5.82 Å². The van der Waals surface area contributed by atoms with Crippen LogP contribution in [0.15, 0.2) is 18.2 Å². The summed E-state index contributed by atoms with van der Waals surface area (Å²) in [4.78, 5) is 16.2. The zero-order valence-electron chi connectivity index (χ0n) is 16.7. The summed E-state index contributed by atoms with van der Waals surface area (Å²) >= 11 is 0. The Bertz CT molecular complexity index is 836. The van der Waals surface area contributed by atoms with Crippen molar-refractivity contribution in [1.29, 1.82) is 0 Å². The van der Waals surface area contributed by atoms with E-state index in [1.54, 1.807) is 6.07 Å². The Labute approximate surface area is 165 Å². The zero-order chi connectivity index (χ0) is 19.7. The molecule has 7 heteroatoms. The van der Waals surface area contributed by atoms with Gasteiger partial charge in [-0.1, -0.05) is 0 Å². The summed E-state index contributed by atoms with van der Waals surface area (Å²) in [6.45, 7) is 5.87. The first-order valence-electron chi connectivity index (χ1n) is 10.3. The van der Waals surface area contributed by atoms with Crippen LogP contribution in [0.4, 0.5) is 9.18 Å². The molecule has 0 aliphatic carbocycles. The molecule has 0 atom stereocenters. The summed E-state index contributed by atoms with van der Waals surface area (Å²) in [5.74, 6) is 0.175. The molecule has 0 radical (unpaired) electrons. The molecule has 3 heterocycles. The largest absolute Gasteiger partial charge is 0.450 e. The third-order valence-electron chi connectivity index (χ3n) is 6.26. The Morgan fingerprint density at radius 2 is 1.89 bits per heavy atom. The Hall–Kier alpha value is -2.15. The van der Waals surface area contributed by atoms with Crippen molar-refractivity contribution in [2.45, 2.75) is 44.6 Å². The molecular formula is C21H29FN4O2. The second kappa shape index (κ2) is 8.07. The Morgan fingerprint density at radius 3 is 2.57 bits per heavy atom. The maximum absolute atomic E-state index is 13.8. The minimum absolute atomic E-state index is 0.186. The van der Waals surface area contributed by atoms with Gasteiger partial charge in [-0.15, -0.1) is 0 Å². The highest BCUT2D eigenvalue weighted by atomic mass is 19.1. The molecule has 2 fully saturated rings. The fourth-order valence-electron chi connectivity index (χ4n) is 4.73. The lowest BCUT2D eigenvalue weighted by Gasteiger charge is -2.41. The topological polar surface area (TPSA) is 50.6 Å². The molecule has 2 aliphatic rings. The van der Waals surface area contributed by atoms with Gasteiger partial charge in [0.15, 0.2) is 0 Å². The van der Waals surface area contributed by atoms with E-state index in [9.17, 15) is 9.18 Å². The third-order valence-corrected chi connectivity index (χ3v) is 6.26. The van der Waals surface area contributed by atoms with Crippen LogP contribution in [-0.4, -0.2) is 64.5 Å². The van der Waals surface area contributed by atoms with Gasteiger partial charge in [-0.3, -0.25) is 4.68 Å². The third kappa shape index (κ3) is 3.72. The van der Waals surface area contributed by atoms with Gasteiger partial charge in [0, 0.05) is 37.5 Å². The molecule has 1 amide bonds. The van der Waals surface area contributed by atoms with E-state index in [0.717, 1.165) is 68.5 Å². The van der Waals surface area contributed by atoms with Crippen LogP contribution in [-0.2, 0) is 11.8 Å². The van der Waals surface area contributed by atoms with Crippen molar-refractivity contribution in [2.75, 3.05) is 32.8 Å². The zero-order valence-corrected chi connectivity index (χ0v) is 16.7. The highest BCUT2D eigenvalue weighted by Gasteiger charge is 2.31. The van der Waals surface area contributed by atoms with E-state index in [1.165, 1.54) is 6.07 Å². The summed E-state index contributed by atoms with van der Waals surface area (Å²) in [6, 6.07) is 5.46. The van der Waals surface area contributed by atoms with E-state index >= 15 is 0 Å². The van der Waals surface area contributed by atoms with Gasteiger partial charge in [-0.2, -0.15) is 5.10 Å². The highest BCUT2D eigenvalue weighted by molar-refractivity contribution is 5.82. The monoisotopic (exact) mass is 388 g/mol. The van der Waals surface area contributed by atoms with E-state index in [-0.39, 0.29) is 11.9 Å². The van der Waals surface area contributed by atoms with Gasteiger partial charge in [-0.05, 0) is 63.9 Å². The Morgan fingerprint density at radius 1 is 1.18 bits per heavy atom. The number of carbonyl (C=O) groups is 1. The first-order valence-corrected chi connectivity index (χ1v) is 10.3. The van der Waals surface area contributed by atoms with Gasteiger partial charge >= 0.3 is 6.09 Å². The second-order valence-electron chi connectivity index (χ2n) is 7.90. The van der Waals surface area contributed by atoms with Crippen LogP contribution in [0.25, 0.3) is 10.9 Å². The predicted molar refractivity (Wildman–Crippen MR) is 106 cm³/mol. The second-order valence-corrected chi connectivity index (χ2v) is 7.90. The number of ether oxygens (including phenoxy) is 1. The van der Waals surface area contributed by atoms with Gasteiger partial charge in [0.05, 0.1) is 17.8 Å². The van der Waals surface area contributed by atoms with E-state index in [2.05, 4.69) is 4.90 Å². The first kappa shape index (κ1) is 19.2. The maximum atomic E-state index is 13.8. The fourth-order valence-corrected chi connectivity index (χ4v) is 4.73. The van der Waals surface area contributed by atoms with Gasteiger partial charge < -0.3 is 14.5 Å². The van der Waals surface area contributed by atoms with Crippen LogP contribution in [0.2, 0.25) is 0 Å². The number of benzene rings is 1. The molecule has 6 nitrogen and oxygen atoms in total. The number of amides is 1. The van der Waals surface area contributed by atoms with E-state index in [4.69, 9.17) is 9.84 Å². The number of rotatable bonds is 3. The van der Waals surface area contributed by atoms with E-state index < -0.39 is 0 Å². The highest BCUT2D eigenvalue weighted by Crippen LogP contribution is 2.34. The quantitative estimate of drug-likeness (QED) is 0.807. The summed E-state index contributed by atoms with van der Waals surface area (Å²) in [7, 11) is 1.93. The molecule has 152 valence electrons. The maximum Gasteiger partial charge on any atom is 0.409 e. The molecule has 1 aromatic carbocycles. The smallest absolute Gasteiger partial charge is 0.409 e. The summed E-state index contributed by atoms with van der Waals surface area (Å²) < 4.78 is 20.7. The lowest BCUT2D eigenvalue weighted by atomic mass is 9.90. The van der Waals surface area contributed by atoms with E-state index in [0.29, 0.717) is 18.6 Å². The molecule has 0 saturated carbocycles. The SMILES string of the molecule is CCOC(=O)N1CCC(N2CCC(c3nn(C)c4ccc(F)cc34)CC2)CC1. The predicted octanol–water partition coefficient (Wildman–Crippen LogP) is 3.51. The number of piperidine rings is 2. The van der Waals surface area contributed by atoms with Crippen molar-refractivity contribution >= 4 is 17.0 Å². The summed E-state index contributed by atoms with van der Waals surface area (Å²) in [6.07, 6.45) is 3.90. The molecule has 2 aliphatic heterocycles. The molecule has 0 N–H and O–H groups in total. The van der Waals surface area contributed by atoms with Crippen LogP contribution in [0.3, 0.4) is 0 Å². The Balaban J connectivity index is 1.36. The van der Waals surface area contributed by atoms with Crippen molar-refractivity contribution < 1.29 is 13.9 Å². The number of nitrogens with zero attached hydrogens (tertiary/aromatic N) is 4. The summed E-state index contributed by atoms with van der Waals surface area (Å²) in [5.41, 5.74) is 2.03. The molecular weight excluding hydrogens is 359 g/mol. The molecule has 2 aromatic rings. The first-order chi connectivity index (χ1) is 13.6. The minimum Gasteiger partial charge on any atom is -0.450 e. The van der Waals surface area contributed by atoms with Crippen molar-refractivity contribution in [3.63, 3.8) is 0 Å². The molecule has 2 saturated heterocycles. The molecule has 0 spiro atoms. The average Bonchev–Trinajstić information content (AvgIpc) is 3.04. The van der Waals surface area contributed by atoms with Crippen molar-refractivity contribution in [2.24, 2.45) is 7.05 Å². The van der Waals surface area contributed by atoms with Gasteiger partial charge in [-0.25, -0.2) is 9.18 Å². The van der Waals surface area contributed by atoms with Gasteiger partial charge in [0.1, 0.15) is 5.82 Å². The van der Waals surface area contributed by atoms with Crippen molar-refractivity contribution in [3.05, 3.63) is 29.7 Å². The molecule has 28 heavy (non-hydrogen) atoms. The molecule has 0 bridgehead atoms. The lowest BCUT2D eigenvalue weighted by molar-refractivity contribution is 0.0661. The average molecular weight is 388 g/mol. The number of hydrogen-bond acceptors (Lipinski definition) is 4. The molecule has 4 rings (SSSR count). The van der Waals surface area contributed by atoms with E-state index in [1.807, 2.05) is 29.6 Å².